The van der Waals surface area contributed by atoms with Crippen LogP contribution in [0.5, 0.6) is 5.75 Å². The molecule has 3 nitrogen and oxygen atoms in total. The molecule has 0 unspecified atom stereocenters. The number of benzene rings is 1. The molecule has 1 aliphatic rings. The van der Waals surface area contributed by atoms with Crippen LogP contribution in [-0.4, -0.2) is 25.2 Å². The summed E-state index contributed by atoms with van der Waals surface area (Å²) in [5.41, 5.74) is -0.0545. The summed E-state index contributed by atoms with van der Waals surface area (Å²) in [5, 5.41) is -0.461. The molecule has 8 heteroatoms. The molecular weight excluding hydrogens is 302 g/mol. The third-order valence-corrected chi connectivity index (χ3v) is 3.18. The zero-order valence-corrected chi connectivity index (χ0v) is 10.9. The van der Waals surface area contributed by atoms with Gasteiger partial charge in [0.15, 0.2) is 0 Å². The SMILES string of the molecule is O=C1CCN(c2cc(OC(F)(F)F)c(Cl)cc2F)CC1. The van der Waals surface area contributed by atoms with Crippen LogP contribution in [0.15, 0.2) is 12.1 Å². The molecule has 1 aromatic carbocycles. The highest BCUT2D eigenvalue weighted by molar-refractivity contribution is 6.32. The first kappa shape index (κ1) is 14.9. The van der Waals surface area contributed by atoms with Gasteiger partial charge in [-0.3, -0.25) is 4.79 Å². The molecule has 20 heavy (non-hydrogen) atoms. The quantitative estimate of drug-likeness (QED) is 0.782. The van der Waals surface area contributed by atoms with Crippen LogP contribution in [0.2, 0.25) is 5.02 Å². The summed E-state index contributed by atoms with van der Waals surface area (Å²) in [5.74, 6) is -1.37. The number of ether oxygens (including phenoxy) is 1. The van der Waals surface area contributed by atoms with Gasteiger partial charge in [0.2, 0.25) is 0 Å². The number of hydrogen-bond acceptors (Lipinski definition) is 3. The molecule has 0 saturated carbocycles. The van der Waals surface area contributed by atoms with Gasteiger partial charge in [0.1, 0.15) is 17.3 Å². The fraction of sp³-hybridized carbons (Fsp3) is 0.417. The molecule has 0 N–H and O–H groups in total. The average molecular weight is 312 g/mol. The molecule has 0 bridgehead atoms. The Balaban J connectivity index is 2.29. The Bertz CT molecular complexity index is 523. The lowest BCUT2D eigenvalue weighted by Gasteiger charge is -2.29. The van der Waals surface area contributed by atoms with Crippen molar-refractivity contribution >= 4 is 23.1 Å². The zero-order chi connectivity index (χ0) is 14.9. The van der Waals surface area contributed by atoms with E-state index in [0.29, 0.717) is 0 Å². The minimum Gasteiger partial charge on any atom is -0.404 e. The Morgan fingerprint density at radius 3 is 2.35 bits per heavy atom. The van der Waals surface area contributed by atoms with Crippen LogP contribution >= 0.6 is 11.6 Å². The van der Waals surface area contributed by atoms with Gasteiger partial charge in [-0.15, -0.1) is 13.2 Å². The minimum atomic E-state index is -4.91. The van der Waals surface area contributed by atoms with Gasteiger partial charge in [-0.2, -0.15) is 0 Å². The van der Waals surface area contributed by atoms with E-state index >= 15 is 0 Å². The maximum Gasteiger partial charge on any atom is 0.573 e. The van der Waals surface area contributed by atoms with Gasteiger partial charge in [0.25, 0.3) is 0 Å². The first-order valence-corrected chi connectivity index (χ1v) is 6.15. The maximum absolute atomic E-state index is 13.8. The molecule has 1 aromatic rings. The van der Waals surface area contributed by atoms with Crippen molar-refractivity contribution in [1.29, 1.82) is 0 Å². The van der Waals surface area contributed by atoms with Crippen LogP contribution in [0.1, 0.15) is 12.8 Å². The van der Waals surface area contributed by atoms with Crippen molar-refractivity contribution in [1.82, 2.24) is 0 Å². The van der Waals surface area contributed by atoms with Crippen LogP contribution in [-0.2, 0) is 4.79 Å². The number of halogens is 5. The van der Waals surface area contributed by atoms with Gasteiger partial charge in [-0.1, -0.05) is 11.6 Å². The van der Waals surface area contributed by atoms with Gasteiger partial charge in [-0.05, 0) is 6.07 Å². The summed E-state index contributed by atoms with van der Waals surface area (Å²) in [6, 6.07) is 1.68. The molecule has 0 aromatic heterocycles. The standard InChI is InChI=1S/C12H10ClF4NO2/c13-8-5-9(14)10(6-11(8)20-12(15,16)17)18-3-1-7(19)2-4-18/h5-6H,1-4H2. The summed E-state index contributed by atoms with van der Waals surface area (Å²) in [6.45, 7) is 0.506. The summed E-state index contributed by atoms with van der Waals surface area (Å²) in [4.78, 5) is 12.6. The number of anilines is 1. The summed E-state index contributed by atoms with van der Waals surface area (Å²) in [7, 11) is 0. The van der Waals surface area contributed by atoms with Crippen molar-refractivity contribution in [3.63, 3.8) is 0 Å². The van der Waals surface area contributed by atoms with E-state index in [1.165, 1.54) is 4.90 Å². The molecule has 0 spiro atoms. The number of hydrogen-bond donors (Lipinski definition) is 0. The number of carbonyl (C=O) groups is 1. The van der Waals surface area contributed by atoms with E-state index in [1.54, 1.807) is 0 Å². The van der Waals surface area contributed by atoms with E-state index in [0.717, 1.165) is 12.1 Å². The Morgan fingerprint density at radius 1 is 1.20 bits per heavy atom. The Kier molecular flexibility index (Phi) is 4.08. The molecule has 1 saturated heterocycles. The summed E-state index contributed by atoms with van der Waals surface area (Å²) >= 11 is 5.53. The van der Waals surface area contributed by atoms with Gasteiger partial charge >= 0.3 is 6.36 Å². The van der Waals surface area contributed by atoms with Crippen LogP contribution in [0.4, 0.5) is 23.2 Å². The third kappa shape index (κ3) is 3.53. The molecule has 2 rings (SSSR count). The lowest BCUT2D eigenvalue weighted by molar-refractivity contribution is -0.274. The first-order valence-electron chi connectivity index (χ1n) is 5.78. The second-order valence-electron chi connectivity index (χ2n) is 4.31. The minimum absolute atomic E-state index is 0.0439. The third-order valence-electron chi connectivity index (χ3n) is 2.89. The largest absolute Gasteiger partial charge is 0.573 e. The van der Waals surface area contributed by atoms with Gasteiger partial charge in [0.05, 0.1) is 10.7 Å². The van der Waals surface area contributed by atoms with Crippen molar-refractivity contribution in [3.05, 3.63) is 23.0 Å². The summed E-state index contributed by atoms with van der Waals surface area (Å²) in [6.07, 6.45) is -4.44. The lowest BCUT2D eigenvalue weighted by Crippen LogP contribution is -2.34. The van der Waals surface area contributed by atoms with Crippen molar-refractivity contribution in [2.75, 3.05) is 18.0 Å². The summed E-state index contributed by atoms with van der Waals surface area (Å²) < 4.78 is 54.2. The normalized spacial score (nSPS) is 16.4. The lowest BCUT2D eigenvalue weighted by atomic mass is 10.1. The highest BCUT2D eigenvalue weighted by Crippen LogP contribution is 2.36. The molecule has 1 heterocycles. The Hall–Kier alpha value is -1.50. The Labute approximate surface area is 117 Å². The molecule has 0 amide bonds. The second-order valence-corrected chi connectivity index (χ2v) is 4.71. The molecular formula is C12H10ClF4NO2. The average Bonchev–Trinajstić information content (AvgIpc) is 2.32. The van der Waals surface area contributed by atoms with Crippen LogP contribution in [0.3, 0.4) is 0 Å². The molecule has 110 valence electrons. The van der Waals surface area contributed by atoms with Crippen LogP contribution in [0.25, 0.3) is 0 Å². The van der Waals surface area contributed by atoms with Crippen LogP contribution < -0.4 is 9.64 Å². The van der Waals surface area contributed by atoms with Crippen molar-refractivity contribution < 1.29 is 27.1 Å². The second kappa shape index (κ2) is 5.47. The number of rotatable bonds is 2. The van der Waals surface area contributed by atoms with E-state index in [2.05, 4.69) is 4.74 Å². The number of nitrogens with zero attached hydrogens (tertiary/aromatic N) is 1. The van der Waals surface area contributed by atoms with E-state index in [4.69, 9.17) is 11.6 Å². The highest BCUT2D eigenvalue weighted by Gasteiger charge is 2.33. The molecule has 0 radical (unpaired) electrons. The smallest absolute Gasteiger partial charge is 0.404 e. The number of alkyl halides is 3. The Morgan fingerprint density at radius 2 is 1.80 bits per heavy atom. The van der Waals surface area contributed by atoms with E-state index in [-0.39, 0.29) is 37.4 Å². The predicted octanol–water partition coefficient (Wildman–Crippen LogP) is 3.55. The maximum atomic E-state index is 13.8. The molecule has 0 aliphatic carbocycles. The number of ketones is 1. The van der Waals surface area contributed by atoms with E-state index in [1.807, 2.05) is 0 Å². The van der Waals surface area contributed by atoms with Crippen LogP contribution in [0, 0.1) is 5.82 Å². The van der Waals surface area contributed by atoms with Gasteiger partial charge < -0.3 is 9.64 Å². The number of Topliss-reactive ketones (excluding diaryl/α,β-unsaturated/α-hetero) is 1. The topological polar surface area (TPSA) is 29.5 Å². The van der Waals surface area contributed by atoms with Gasteiger partial charge in [0, 0.05) is 32.0 Å². The highest BCUT2D eigenvalue weighted by atomic mass is 35.5. The molecule has 1 aliphatic heterocycles. The van der Waals surface area contributed by atoms with Crippen molar-refractivity contribution in [2.45, 2.75) is 19.2 Å². The molecule has 1 fully saturated rings. The monoisotopic (exact) mass is 311 g/mol. The number of carbonyl (C=O) groups excluding carboxylic acids is 1. The van der Waals surface area contributed by atoms with Crippen molar-refractivity contribution in [2.24, 2.45) is 0 Å². The fourth-order valence-electron chi connectivity index (χ4n) is 1.96. The predicted molar refractivity (Wildman–Crippen MR) is 64.5 cm³/mol. The fourth-order valence-corrected chi connectivity index (χ4v) is 2.15. The van der Waals surface area contributed by atoms with Gasteiger partial charge in [-0.25, -0.2) is 4.39 Å². The van der Waals surface area contributed by atoms with Crippen molar-refractivity contribution in [3.8, 4) is 5.75 Å². The number of piperidine rings is 1. The van der Waals surface area contributed by atoms with E-state index in [9.17, 15) is 22.4 Å². The first-order chi connectivity index (χ1) is 9.26. The molecule has 0 atom stereocenters. The van der Waals surface area contributed by atoms with E-state index < -0.39 is 23.0 Å². The zero-order valence-electron chi connectivity index (χ0n) is 10.1.